The highest BCUT2D eigenvalue weighted by Gasteiger charge is 2.20. The first-order valence-corrected chi connectivity index (χ1v) is 9.24. The van der Waals surface area contributed by atoms with Gasteiger partial charge in [-0.2, -0.15) is 0 Å². The molecule has 0 saturated heterocycles. The topological polar surface area (TPSA) is 58.2 Å². The van der Waals surface area contributed by atoms with Crippen LogP contribution in [-0.2, 0) is 22.5 Å². The summed E-state index contributed by atoms with van der Waals surface area (Å²) in [5.41, 5.74) is 6.69. The van der Waals surface area contributed by atoms with Crippen molar-refractivity contribution in [3.05, 3.63) is 64.6 Å². The number of amides is 1. The summed E-state index contributed by atoms with van der Waals surface area (Å²) in [6.45, 7) is 7.84. The largest absolute Gasteiger partial charge is 0.383 e. The third-order valence-corrected chi connectivity index (χ3v) is 5.03. The van der Waals surface area contributed by atoms with Crippen molar-refractivity contribution >= 4 is 16.8 Å². The number of methoxy groups -OCH3 is 1. The minimum Gasteiger partial charge on any atom is -0.383 e. The molecule has 0 aliphatic rings. The Morgan fingerprint density at radius 3 is 2.67 bits per heavy atom. The summed E-state index contributed by atoms with van der Waals surface area (Å²) in [5, 5.41) is 1.17. The number of hydrogen-bond acceptors (Lipinski definition) is 3. The summed E-state index contributed by atoms with van der Waals surface area (Å²) in [4.78, 5) is 22.6. The van der Waals surface area contributed by atoms with Crippen LogP contribution in [0.15, 0.2) is 36.7 Å². The molecule has 0 aliphatic heterocycles. The van der Waals surface area contributed by atoms with Crippen LogP contribution in [0.4, 0.5) is 0 Å². The van der Waals surface area contributed by atoms with Gasteiger partial charge in [-0.15, -0.1) is 0 Å². The monoisotopic (exact) mass is 365 g/mol. The molecule has 0 spiro atoms. The Labute approximate surface area is 160 Å². The first kappa shape index (κ1) is 19.1. The molecule has 2 aromatic heterocycles. The van der Waals surface area contributed by atoms with Crippen molar-refractivity contribution in [1.29, 1.82) is 0 Å². The summed E-state index contributed by atoms with van der Waals surface area (Å²) < 4.78 is 5.21. The van der Waals surface area contributed by atoms with Crippen molar-refractivity contribution in [2.45, 2.75) is 33.7 Å². The summed E-state index contributed by atoms with van der Waals surface area (Å²) in [6, 6.07) is 8.12. The Kier molecular flexibility index (Phi) is 5.91. The maximum Gasteiger partial charge on any atom is 0.227 e. The van der Waals surface area contributed by atoms with Crippen molar-refractivity contribution in [2.24, 2.45) is 0 Å². The van der Waals surface area contributed by atoms with E-state index in [1.165, 1.54) is 16.5 Å². The standard InChI is InChI=1S/C22H27N3O2/c1-15-7-8-16(2)22-21(15)19(17(3)24-22)12-20(26)25(10-11-27-4)14-18-6-5-9-23-13-18/h5-9,13,24H,10-12,14H2,1-4H3. The SMILES string of the molecule is COCCN(Cc1cccnc1)C(=O)Cc1c(C)[nH]c2c(C)ccc(C)c12. The van der Waals surface area contributed by atoms with Gasteiger partial charge in [-0.3, -0.25) is 9.78 Å². The minimum atomic E-state index is 0.0980. The molecule has 0 unspecified atom stereocenters. The minimum absolute atomic E-state index is 0.0980. The van der Waals surface area contributed by atoms with Crippen LogP contribution in [0.1, 0.15) is 27.9 Å². The molecular formula is C22H27N3O2. The average Bonchev–Trinajstić information content (AvgIpc) is 3.00. The van der Waals surface area contributed by atoms with Gasteiger partial charge in [-0.1, -0.05) is 18.2 Å². The second-order valence-electron chi connectivity index (χ2n) is 7.02. The molecule has 0 bridgehead atoms. The second kappa shape index (κ2) is 8.35. The van der Waals surface area contributed by atoms with Crippen molar-refractivity contribution in [3.8, 4) is 0 Å². The van der Waals surface area contributed by atoms with Crippen LogP contribution in [0.2, 0.25) is 0 Å². The summed E-state index contributed by atoms with van der Waals surface area (Å²) in [6.07, 6.45) is 3.92. The molecule has 5 nitrogen and oxygen atoms in total. The van der Waals surface area contributed by atoms with Crippen molar-refractivity contribution in [1.82, 2.24) is 14.9 Å². The Morgan fingerprint density at radius 1 is 1.19 bits per heavy atom. The molecule has 2 heterocycles. The number of carbonyl (C=O) groups excluding carboxylic acids is 1. The molecule has 3 rings (SSSR count). The third-order valence-electron chi connectivity index (χ3n) is 5.03. The molecule has 0 radical (unpaired) electrons. The van der Waals surface area contributed by atoms with Crippen molar-refractivity contribution in [3.63, 3.8) is 0 Å². The van der Waals surface area contributed by atoms with E-state index in [2.05, 4.69) is 35.9 Å². The highest BCUT2D eigenvalue weighted by molar-refractivity contribution is 5.93. The van der Waals surface area contributed by atoms with Gasteiger partial charge >= 0.3 is 0 Å². The number of benzene rings is 1. The Balaban J connectivity index is 1.88. The van der Waals surface area contributed by atoms with Gasteiger partial charge in [-0.05, 0) is 49.1 Å². The second-order valence-corrected chi connectivity index (χ2v) is 7.02. The molecule has 1 amide bonds. The number of rotatable bonds is 7. The van der Waals surface area contributed by atoms with E-state index in [0.29, 0.717) is 26.1 Å². The highest BCUT2D eigenvalue weighted by atomic mass is 16.5. The number of pyridine rings is 1. The normalized spacial score (nSPS) is 11.1. The van der Waals surface area contributed by atoms with Gasteiger partial charge in [0.2, 0.25) is 5.91 Å². The summed E-state index contributed by atoms with van der Waals surface area (Å²) in [7, 11) is 1.66. The predicted octanol–water partition coefficient (Wildman–Crippen LogP) is 3.71. The van der Waals surface area contributed by atoms with E-state index in [-0.39, 0.29) is 5.91 Å². The zero-order valence-corrected chi connectivity index (χ0v) is 16.5. The maximum atomic E-state index is 13.1. The van der Waals surface area contributed by atoms with Gasteiger partial charge in [0.15, 0.2) is 0 Å². The number of aromatic amines is 1. The number of ether oxygens (including phenoxy) is 1. The molecular weight excluding hydrogens is 338 g/mol. The van der Waals surface area contributed by atoms with Crippen molar-refractivity contribution < 1.29 is 9.53 Å². The lowest BCUT2D eigenvalue weighted by molar-refractivity contribution is -0.131. The lowest BCUT2D eigenvalue weighted by atomic mass is 10.0. The fourth-order valence-corrected chi connectivity index (χ4v) is 3.50. The van der Waals surface area contributed by atoms with E-state index in [0.717, 1.165) is 22.3 Å². The fourth-order valence-electron chi connectivity index (χ4n) is 3.50. The quantitative estimate of drug-likeness (QED) is 0.694. The number of carbonyl (C=O) groups is 1. The van der Waals surface area contributed by atoms with Gasteiger partial charge in [0.25, 0.3) is 0 Å². The third kappa shape index (κ3) is 4.19. The molecule has 0 saturated carbocycles. The van der Waals surface area contributed by atoms with E-state index >= 15 is 0 Å². The van der Waals surface area contributed by atoms with Crippen LogP contribution < -0.4 is 0 Å². The molecule has 0 aliphatic carbocycles. The highest BCUT2D eigenvalue weighted by Crippen LogP contribution is 2.28. The Bertz CT molecular complexity index is 932. The zero-order valence-electron chi connectivity index (χ0n) is 16.5. The van der Waals surface area contributed by atoms with Crippen molar-refractivity contribution in [2.75, 3.05) is 20.3 Å². The van der Waals surface area contributed by atoms with Crippen LogP contribution in [0, 0.1) is 20.8 Å². The molecule has 142 valence electrons. The first-order valence-electron chi connectivity index (χ1n) is 9.24. The number of hydrogen-bond donors (Lipinski definition) is 1. The lowest BCUT2D eigenvalue weighted by Gasteiger charge is -2.22. The summed E-state index contributed by atoms with van der Waals surface area (Å²) in [5.74, 6) is 0.0980. The smallest absolute Gasteiger partial charge is 0.227 e. The molecule has 27 heavy (non-hydrogen) atoms. The van der Waals surface area contributed by atoms with E-state index in [4.69, 9.17) is 4.74 Å². The van der Waals surface area contributed by atoms with E-state index in [9.17, 15) is 4.79 Å². The van der Waals surface area contributed by atoms with Crippen LogP contribution in [0.25, 0.3) is 10.9 Å². The number of nitrogens with zero attached hydrogens (tertiary/aromatic N) is 2. The van der Waals surface area contributed by atoms with Gasteiger partial charge < -0.3 is 14.6 Å². The van der Waals surface area contributed by atoms with Gasteiger partial charge in [-0.25, -0.2) is 0 Å². The van der Waals surface area contributed by atoms with Crippen LogP contribution >= 0.6 is 0 Å². The van der Waals surface area contributed by atoms with E-state index in [1.54, 1.807) is 19.5 Å². The van der Waals surface area contributed by atoms with E-state index in [1.807, 2.05) is 24.0 Å². The predicted molar refractivity (Wildman–Crippen MR) is 108 cm³/mol. The average molecular weight is 365 g/mol. The molecule has 1 N–H and O–H groups in total. The Hall–Kier alpha value is -2.66. The summed E-state index contributed by atoms with van der Waals surface area (Å²) >= 11 is 0. The van der Waals surface area contributed by atoms with Gasteiger partial charge in [0, 0.05) is 49.2 Å². The maximum absolute atomic E-state index is 13.1. The van der Waals surface area contributed by atoms with Gasteiger partial charge in [0.1, 0.15) is 0 Å². The number of nitrogens with one attached hydrogen (secondary N) is 1. The van der Waals surface area contributed by atoms with Crippen LogP contribution in [0.3, 0.4) is 0 Å². The molecule has 0 atom stereocenters. The number of fused-ring (bicyclic) bond motifs is 1. The molecule has 5 heteroatoms. The molecule has 3 aromatic rings. The number of H-pyrrole nitrogens is 1. The van der Waals surface area contributed by atoms with Crippen LogP contribution in [-0.4, -0.2) is 41.0 Å². The molecule has 0 fully saturated rings. The fraction of sp³-hybridized carbons (Fsp3) is 0.364. The number of aromatic nitrogens is 2. The van der Waals surface area contributed by atoms with Crippen LogP contribution in [0.5, 0.6) is 0 Å². The van der Waals surface area contributed by atoms with Gasteiger partial charge in [0.05, 0.1) is 13.0 Å². The molecule has 1 aromatic carbocycles. The zero-order chi connectivity index (χ0) is 19.4. The Morgan fingerprint density at radius 2 is 1.96 bits per heavy atom. The van der Waals surface area contributed by atoms with E-state index < -0.39 is 0 Å². The lowest BCUT2D eigenvalue weighted by Crippen LogP contribution is -2.34. The number of aryl methyl sites for hydroxylation is 3. The first-order chi connectivity index (χ1) is 13.0.